The van der Waals surface area contributed by atoms with Crippen molar-refractivity contribution >= 4 is 5.91 Å². The maximum absolute atomic E-state index is 12.8. The first-order valence-electron chi connectivity index (χ1n) is 7.69. The van der Waals surface area contributed by atoms with E-state index in [0.717, 1.165) is 44.5 Å². The Morgan fingerprint density at radius 3 is 2.86 bits per heavy atom. The topological polar surface area (TPSA) is 54.5 Å². The molecule has 1 saturated carbocycles. The highest BCUT2D eigenvalue weighted by Gasteiger charge is 2.41. The number of amides is 1. The number of nitrogens with zero attached hydrogens (tertiary/aromatic N) is 2. The molecule has 3 rings (SSSR count). The van der Waals surface area contributed by atoms with E-state index in [1.165, 1.54) is 0 Å². The second kappa shape index (κ2) is 6.12. The number of nitrogens with one attached hydrogen (secondary N) is 1. The number of ether oxygens (including phenoxy) is 1. The van der Waals surface area contributed by atoms with E-state index in [9.17, 15) is 4.79 Å². The number of pyridine rings is 1. The maximum atomic E-state index is 12.8. The summed E-state index contributed by atoms with van der Waals surface area (Å²) in [6.07, 6.45) is 7.24. The van der Waals surface area contributed by atoms with Gasteiger partial charge >= 0.3 is 0 Å². The van der Waals surface area contributed by atoms with Crippen LogP contribution in [0, 0.1) is 0 Å². The molecule has 114 valence electrons. The first-order chi connectivity index (χ1) is 10.2. The number of rotatable bonds is 4. The monoisotopic (exact) mass is 289 g/mol. The summed E-state index contributed by atoms with van der Waals surface area (Å²) in [5.41, 5.74) is 0.940. The van der Waals surface area contributed by atoms with Crippen molar-refractivity contribution in [1.82, 2.24) is 15.2 Å². The van der Waals surface area contributed by atoms with Crippen LogP contribution in [-0.4, -0.2) is 48.1 Å². The van der Waals surface area contributed by atoms with E-state index in [1.54, 1.807) is 19.5 Å². The van der Waals surface area contributed by atoms with Gasteiger partial charge in [-0.1, -0.05) is 0 Å². The molecule has 1 amide bonds. The van der Waals surface area contributed by atoms with Crippen LogP contribution in [0.5, 0.6) is 0 Å². The first-order valence-corrected chi connectivity index (χ1v) is 7.69. The minimum absolute atomic E-state index is 0.100. The van der Waals surface area contributed by atoms with Gasteiger partial charge in [0.15, 0.2) is 0 Å². The second-order valence-electron chi connectivity index (χ2n) is 6.01. The maximum Gasteiger partial charge on any atom is 0.226 e. The number of carbonyl (C=O) groups is 1. The van der Waals surface area contributed by atoms with Crippen LogP contribution in [0.1, 0.15) is 37.3 Å². The molecule has 1 aliphatic heterocycles. The number of piperazine rings is 1. The summed E-state index contributed by atoms with van der Waals surface area (Å²) in [4.78, 5) is 18.8. The van der Waals surface area contributed by atoms with Gasteiger partial charge in [-0.15, -0.1) is 0 Å². The Balaban J connectivity index is 1.73. The number of aromatic nitrogens is 1. The molecule has 1 atom stereocenters. The van der Waals surface area contributed by atoms with Crippen molar-refractivity contribution in [3.05, 3.63) is 30.1 Å². The van der Waals surface area contributed by atoms with Gasteiger partial charge in [0, 0.05) is 39.1 Å². The molecule has 0 bridgehead atoms. The third kappa shape index (κ3) is 2.94. The fourth-order valence-corrected chi connectivity index (χ4v) is 3.29. The molecule has 0 aromatic carbocycles. The zero-order valence-electron chi connectivity index (χ0n) is 12.5. The SMILES string of the molecule is COC1(CC(=O)N2CCNCC2c2ccncc2)CCC1. The summed E-state index contributed by atoms with van der Waals surface area (Å²) < 4.78 is 5.60. The molecule has 21 heavy (non-hydrogen) atoms. The number of hydrogen-bond acceptors (Lipinski definition) is 4. The highest BCUT2D eigenvalue weighted by Crippen LogP contribution is 2.39. The third-order valence-electron chi connectivity index (χ3n) is 4.83. The predicted molar refractivity (Wildman–Crippen MR) is 79.8 cm³/mol. The van der Waals surface area contributed by atoms with Gasteiger partial charge in [0.25, 0.3) is 0 Å². The van der Waals surface area contributed by atoms with Gasteiger partial charge in [0.05, 0.1) is 18.1 Å². The molecule has 5 nitrogen and oxygen atoms in total. The van der Waals surface area contributed by atoms with Crippen molar-refractivity contribution in [3.8, 4) is 0 Å². The van der Waals surface area contributed by atoms with Crippen LogP contribution in [-0.2, 0) is 9.53 Å². The third-order valence-corrected chi connectivity index (χ3v) is 4.83. The van der Waals surface area contributed by atoms with E-state index in [4.69, 9.17) is 4.74 Å². The van der Waals surface area contributed by atoms with Gasteiger partial charge in [-0.05, 0) is 37.0 Å². The van der Waals surface area contributed by atoms with Gasteiger partial charge < -0.3 is 15.0 Å². The highest BCUT2D eigenvalue weighted by molar-refractivity contribution is 5.78. The number of methoxy groups -OCH3 is 1. The standard InChI is InChI=1S/C16H23N3O2/c1-21-16(5-2-6-16)11-15(20)19-10-9-18-12-14(19)13-3-7-17-8-4-13/h3-4,7-8,14,18H,2,5-6,9-12H2,1H3. The zero-order chi connectivity index (χ0) is 14.7. The van der Waals surface area contributed by atoms with Crippen LogP contribution >= 0.6 is 0 Å². The Hall–Kier alpha value is -1.46. The Morgan fingerprint density at radius 2 is 2.24 bits per heavy atom. The molecule has 1 unspecified atom stereocenters. The molecule has 1 saturated heterocycles. The molecule has 2 fully saturated rings. The van der Waals surface area contributed by atoms with E-state index >= 15 is 0 Å². The summed E-state index contributed by atoms with van der Waals surface area (Å²) >= 11 is 0. The van der Waals surface area contributed by atoms with Crippen LogP contribution < -0.4 is 5.32 Å². The lowest BCUT2D eigenvalue weighted by Crippen LogP contribution is -2.52. The fourth-order valence-electron chi connectivity index (χ4n) is 3.29. The lowest BCUT2D eigenvalue weighted by molar-refractivity contribution is -0.147. The van der Waals surface area contributed by atoms with Crippen LogP contribution in [0.4, 0.5) is 0 Å². The minimum Gasteiger partial charge on any atom is -0.378 e. The minimum atomic E-state index is -0.204. The quantitative estimate of drug-likeness (QED) is 0.913. The average molecular weight is 289 g/mol. The number of hydrogen-bond donors (Lipinski definition) is 1. The Morgan fingerprint density at radius 1 is 1.48 bits per heavy atom. The van der Waals surface area contributed by atoms with E-state index in [0.29, 0.717) is 6.42 Å². The van der Waals surface area contributed by atoms with Gasteiger partial charge in [0.2, 0.25) is 5.91 Å². The molecule has 1 N–H and O–H groups in total. The molecule has 1 aliphatic carbocycles. The Kier molecular flexibility index (Phi) is 4.22. The van der Waals surface area contributed by atoms with Crippen LogP contribution in [0.25, 0.3) is 0 Å². The Labute approximate surface area is 125 Å². The summed E-state index contributed by atoms with van der Waals surface area (Å²) in [7, 11) is 1.73. The summed E-state index contributed by atoms with van der Waals surface area (Å²) in [5, 5.41) is 3.38. The van der Waals surface area contributed by atoms with Crippen molar-refractivity contribution in [3.63, 3.8) is 0 Å². The molecule has 5 heteroatoms. The molecule has 2 heterocycles. The van der Waals surface area contributed by atoms with Gasteiger partial charge in [-0.3, -0.25) is 9.78 Å². The van der Waals surface area contributed by atoms with Gasteiger partial charge in [0.1, 0.15) is 0 Å². The van der Waals surface area contributed by atoms with Crippen molar-refractivity contribution in [2.24, 2.45) is 0 Å². The fraction of sp³-hybridized carbons (Fsp3) is 0.625. The molecular weight excluding hydrogens is 266 g/mol. The lowest BCUT2D eigenvalue weighted by Gasteiger charge is -2.43. The number of carbonyl (C=O) groups excluding carboxylic acids is 1. The van der Waals surface area contributed by atoms with Crippen molar-refractivity contribution in [1.29, 1.82) is 0 Å². The second-order valence-corrected chi connectivity index (χ2v) is 6.01. The molecule has 1 aromatic rings. The average Bonchev–Trinajstić information content (AvgIpc) is 2.51. The highest BCUT2D eigenvalue weighted by atomic mass is 16.5. The normalized spacial score (nSPS) is 24.4. The molecule has 0 spiro atoms. The van der Waals surface area contributed by atoms with Crippen LogP contribution in [0.2, 0.25) is 0 Å². The van der Waals surface area contributed by atoms with E-state index in [-0.39, 0.29) is 17.6 Å². The summed E-state index contributed by atoms with van der Waals surface area (Å²) in [6, 6.07) is 4.09. The van der Waals surface area contributed by atoms with E-state index in [1.807, 2.05) is 17.0 Å². The lowest BCUT2D eigenvalue weighted by atomic mass is 9.77. The van der Waals surface area contributed by atoms with Crippen molar-refractivity contribution < 1.29 is 9.53 Å². The summed E-state index contributed by atoms with van der Waals surface area (Å²) in [6.45, 7) is 2.41. The summed E-state index contributed by atoms with van der Waals surface area (Å²) in [5.74, 6) is 0.208. The van der Waals surface area contributed by atoms with Crippen molar-refractivity contribution in [2.45, 2.75) is 37.3 Å². The van der Waals surface area contributed by atoms with E-state index in [2.05, 4.69) is 10.3 Å². The van der Waals surface area contributed by atoms with Crippen LogP contribution in [0.15, 0.2) is 24.5 Å². The van der Waals surface area contributed by atoms with Crippen LogP contribution in [0.3, 0.4) is 0 Å². The zero-order valence-corrected chi connectivity index (χ0v) is 12.5. The first kappa shape index (κ1) is 14.5. The van der Waals surface area contributed by atoms with E-state index < -0.39 is 0 Å². The van der Waals surface area contributed by atoms with Gasteiger partial charge in [-0.25, -0.2) is 0 Å². The predicted octanol–water partition coefficient (Wildman–Crippen LogP) is 1.51. The molecule has 0 radical (unpaired) electrons. The Bertz CT molecular complexity index is 482. The molecule has 1 aromatic heterocycles. The smallest absolute Gasteiger partial charge is 0.226 e. The van der Waals surface area contributed by atoms with Crippen molar-refractivity contribution in [2.75, 3.05) is 26.7 Å². The van der Waals surface area contributed by atoms with Gasteiger partial charge in [-0.2, -0.15) is 0 Å². The molecular formula is C16H23N3O2. The largest absolute Gasteiger partial charge is 0.378 e. The molecule has 2 aliphatic rings.